The predicted octanol–water partition coefficient (Wildman–Crippen LogP) is 0.757. The van der Waals surface area contributed by atoms with E-state index in [1.807, 2.05) is 19.9 Å². The molecule has 0 radical (unpaired) electrons. The lowest BCUT2D eigenvalue weighted by Crippen LogP contribution is -2.18. The third-order valence-electron chi connectivity index (χ3n) is 1.03. The van der Waals surface area contributed by atoms with E-state index in [2.05, 4.69) is 17.9 Å². The second-order valence-electron chi connectivity index (χ2n) is 2.36. The second kappa shape index (κ2) is 5.62. The monoisotopic (exact) mass is 160 g/mol. The summed E-state index contributed by atoms with van der Waals surface area (Å²) in [5, 5.41) is 3.17. The van der Waals surface area contributed by atoms with Crippen LogP contribution in [0.15, 0.2) is 11.8 Å². The molecule has 0 aliphatic heterocycles. The number of hydrogen-bond donors (Lipinski definition) is 3. The molecular weight excluding hydrogens is 144 g/mol. The minimum absolute atomic E-state index is 0.132. The van der Waals surface area contributed by atoms with Crippen LogP contribution in [0.5, 0.6) is 0 Å². The first-order valence-corrected chi connectivity index (χ1v) is 4.08. The maximum Gasteiger partial charge on any atom is 0.0232 e. The molecule has 0 fully saturated rings. The molecule has 2 nitrogen and oxygen atoms in total. The largest absolute Gasteiger partial charge is 0.388 e. The van der Waals surface area contributed by atoms with Crippen LogP contribution in [0.3, 0.4) is 0 Å². The van der Waals surface area contributed by atoms with Gasteiger partial charge in [-0.3, -0.25) is 0 Å². The fourth-order valence-electron chi connectivity index (χ4n) is 0.706. The molecule has 0 saturated heterocycles. The number of hydrogen-bond acceptors (Lipinski definition) is 3. The number of thiol groups is 1. The minimum atomic E-state index is 0.132. The summed E-state index contributed by atoms with van der Waals surface area (Å²) in [5.41, 5.74) is 6.66. The van der Waals surface area contributed by atoms with Crippen molar-refractivity contribution in [3.8, 4) is 0 Å². The van der Waals surface area contributed by atoms with Crippen LogP contribution in [0.25, 0.3) is 0 Å². The molecule has 0 aromatic rings. The Morgan fingerprint density at radius 3 is 2.80 bits per heavy atom. The van der Waals surface area contributed by atoms with Crippen LogP contribution in [0.1, 0.15) is 13.8 Å². The highest BCUT2D eigenvalue weighted by atomic mass is 32.1. The Morgan fingerprint density at radius 1 is 1.80 bits per heavy atom. The Bertz CT molecular complexity index is 110. The van der Waals surface area contributed by atoms with E-state index in [1.165, 1.54) is 0 Å². The van der Waals surface area contributed by atoms with E-state index in [-0.39, 0.29) is 6.04 Å². The van der Waals surface area contributed by atoms with Gasteiger partial charge >= 0.3 is 0 Å². The quantitative estimate of drug-likeness (QED) is 0.531. The van der Waals surface area contributed by atoms with Gasteiger partial charge in [0.05, 0.1) is 0 Å². The van der Waals surface area contributed by atoms with E-state index in [9.17, 15) is 0 Å². The summed E-state index contributed by atoms with van der Waals surface area (Å²) in [6.45, 7) is 4.86. The van der Waals surface area contributed by atoms with Gasteiger partial charge in [-0.05, 0) is 19.9 Å². The fourth-order valence-corrected chi connectivity index (χ4v) is 0.818. The number of allylic oxidation sites excluding steroid dienone is 1. The average Bonchev–Trinajstić information content (AvgIpc) is 1.82. The molecule has 3 heteroatoms. The van der Waals surface area contributed by atoms with E-state index < -0.39 is 0 Å². The SMILES string of the molecule is C/C(=C/C(C)N)NCCS. The zero-order valence-electron chi connectivity index (χ0n) is 6.59. The van der Waals surface area contributed by atoms with Crippen molar-refractivity contribution in [2.45, 2.75) is 19.9 Å². The lowest BCUT2D eigenvalue weighted by atomic mass is 10.3. The second-order valence-corrected chi connectivity index (χ2v) is 2.81. The van der Waals surface area contributed by atoms with Crippen molar-refractivity contribution in [3.05, 3.63) is 11.8 Å². The minimum Gasteiger partial charge on any atom is -0.388 e. The normalized spacial score (nSPS) is 15.0. The smallest absolute Gasteiger partial charge is 0.0232 e. The standard InChI is InChI=1S/C7H16N2S/c1-6(8)5-7(2)9-3-4-10/h5-6,9-10H,3-4,8H2,1-2H3/b7-5-. The van der Waals surface area contributed by atoms with Gasteiger partial charge < -0.3 is 11.1 Å². The Labute approximate surface area is 68.3 Å². The number of nitrogens with one attached hydrogen (secondary N) is 1. The molecule has 60 valence electrons. The van der Waals surface area contributed by atoms with E-state index in [0.717, 1.165) is 18.0 Å². The first-order chi connectivity index (χ1) is 4.66. The third-order valence-corrected chi connectivity index (χ3v) is 1.25. The summed E-state index contributed by atoms with van der Waals surface area (Å²) in [5.74, 6) is 0.851. The van der Waals surface area contributed by atoms with E-state index in [4.69, 9.17) is 5.73 Å². The Kier molecular flexibility index (Phi) is 5.54. The van der Waals surface area contributed by atoms with Crippen molar-refractivity contribution in [2.75, 3.05) is 12.3 Å². The number of nitrogens with two attached hydrogens (primary N) is 1. The number of rotatable bonds is 4. The molecule has 0 aliphatic carbocycles. The van der Waals surface area contributed by atoms with Crippen molar-refractivity contribution in [1.82, 2.24) is 5.32 Å². The highest BCUT2D eigenvalue weighted by molar-refractivity contribution is 7.80. The summed E-state index contributed by atoms with van der Waals surface area (Å²) in [6, 6.07) is 0.132. The first kappa shape index (κ1) is 9.85. The fraction of sp³-hybridized carbons (Fsp3) is 0.714. The van der Waals surface area contributed by atoms with Crippen molar-refractivity contribution in [2.24, 2.45) is 5.73 Å². The summed E-state index contributed by atoms with van der Waals surface area (Å²) in [6.07, 6.45) is 1.99. The van der Waals surface area contributed by atoms with Gasteiger partial charge in [-0.25, -0.2) is 0 Å². The topological polar surface area (TPSA) is 38.0 Å². The van der Waals surface area contributed by atoms with Crippen LogP contribution < -0.4 is 11.1 Å². The molecule has 0 saturated carbocycles. The highest BCUT2D eigenvalue weighted by Crippen LogP contribution is 1.88. The lowest BCUT2D eigenvalue weighted by molar-refractivity contribution is 0.826. The van der Waals surface area contributed by atoms with Crippen molar-refractivity contribution >= 4 is 12.6 Å². The molecule has 0 aliphatic rings. The van der Waals surface area contributed by atoms with Gasteiger partial charge in [0, 0.05) is 24.0 Å². The van der Waals surface area contributed by atoms with Gasteiger partial charge in [0.25, 0.3) is 0 Å². The summed E-state index contributed by atoms with van der Waals surface area (Å²) in [7, 11) is 0. The Hall–Kier alpha value is -0.150. The molecular formula is C7H16N2S. The van der Waals surface area contributed by atoms with Crippen molar-refractivity contribution in [3.63, 3.8) is 0 Å². The van der Waals surface area contributed by atoms with Crippen LogP contribution in [-0.4, -0.2) is 18.3 Å². The molecule has 0 aromatic carbocycles. The van der Waals surface area contributed by atoms with Gasteiger partial charge in [0.15, 0.2) is 0 Å². The molecule has 10 heavy (non-hydrogen) atoms. The van der Waals surface area contributed by atoms with Crippen LogP contribution in [0.4, 0.5) is 0 Å². The highest BCUT2D eigenvalue weighted by Gasteiger charge is 1.88. The van der Waals surface area contributed by atoms with Gasteiger partial charge in [-0.2, -0.15) is 12.6 Å². The molecule has 0 spiro atoms. The van der Waals surface area contributed by atoms with E-state index >= 15 is 0 Å². The van der Waals surface area contributed by atoms with Gasteiger partial charge in [-0.15, -0.1) is 0 Å². The van der Waals surface area contributed by atoms with Gasteiger partial charge in [0.2, 0.25) is 0 Å². The molecule has 1 unspecified atom stereocenters. The van der Waals surface area contributed by atoms with Crippen molar-refractivity contribution in [1.29, 1.82) is 0 Å². The maximum atomic E-state index is 5.53. The summed E-state index contributed by atoms with van der Waals surface area (Å²) in [4.78, 5) is 0. The molecule has 0 amide bonds. The predicted molar refractivity (Wildman–Crippen MR) is 49.3 cm³/mol. The molecule has 0 aromatic heterocycles. The molecule has 0 heterocycles. The Morgan fingerprint density at radius 2 is 2.40 bits per heavy atom. The van der Waals surface area contributed by atoms with Crippen LogP contribution >= 0.6 is 12.6 Å². The van der Waals surface area contributed by atoms with Crippen LogP contribution in [-0.2, 0) is 0 Å². The molecule has 3 N–H and O–H groups in total. The zero-order valence-corrected chi connectivity index (χ0v) is 7.49. The van der Waals surface area contributed by atoms with E-state index in [0.29, 0.717) is 0 Å². The zero-order chi connectivity index (χ0) is 7.98. The molecule has 0 bridgehead atoms. The molecule has 0 rings (SSSR count). The maximum absolute atomic E-state index is 5.53. The third kappa shape index (κ3) is 5.98. The summed E-state index contributed by atoms with van der Waals surface area (Å²) >= 11 is 4.06. The molecule has 1 atom stereocenters. The van der Waals surface area contributed by atoms with Crippen LogP contribution in [0.2, 0.25) is 0 Å². The average molecular weight is 160 g/mol. The van der Waals surface area contributed by atoms with Crippen LogP contribution in [0, 0.1) is 0 Å². The lowest BCUT2D eigenvalue weighted by Gasteiger charge is -2.05. The first-order valence-electron chi connectivity index (χ1n) is 3.45. The Balaban J connectivity index is 3.49. The van der Waals surface area contributed by atoms with Crippen molar-refractivity contribution < 1.29 is 0 Å². The van der Waals surface area contributed by atoms with Gasteiger partial charge in [0.1, 0.15) is 0 Å². The van der Waals surface area contributed by atoms with Gasteiger partial charge in [-0.1, -0.05) is 0 Å². The van der Waals surface area contributed by atoms with E-state index in [1.54, 1.807) is 0 Å². The summed E-state index contributed by atoms with van der Waals surface area (Å²) < 4.78 is 0.